The summed E-state index contributed by atoms with van der Waals surface area (Å²) in [5.41, 5.74) is 2.77. The van der Waals surface area contributed by atoms with Crippen LogP contribution in [-0.4, -0.2) is 42.4 Å². The standard InChI is InChI=1S/C14H21N3O.2ClH/c1-16-9-10-17-12(4-11-18)2-3-13(17)14(16)5-7-15-8-6-14;;/h2-3,11,15H,4-10H2,1H3;2*1H. The van der Waals surface area contributed by atoms with Gasteiger partial charge in [0.25, 0.3) is 0 Å². The van der Waals surface area contributed by atoms with E-state index >= 15 is 0 Å². The van der Waals surface area contributed by atoms with Crippen molar-refractivity contribution >= 4 is 31.1 Å². The summed E-state index contributed by atoms with van der Waals surface area (Å²) in [6.45, 7) is 4.25. The lowest BCUT2D eigenvalue weighted by molar-refractivity contribution is -0.107. The Bertz CT molecular complexity index is 455. The number of likely N-dealkylation sites (N-methyl/N-ethyl adjacent to an activating group) is 1. The molecule has 114 valence electrons. The van der Waals surface area contributed by atoms with E-state index < -0.39 is 0 Å². The highest BCUT2D eigenvalue weighted by Crippen LogP contribution is 2.39. The fourth-order valence-corrected chi connectivity index (χ4v) is 3.58. The first-order valence-electron chi connectivity index (χ1n) is 6.82. The molecule has 3 rings (SSSR count). The van der Waals surface area contributed by atoms with Crippen molar-refractivity contribution in [3.63, 3.8) is 0 Å². The molecule has 0 amide bonds. The maximum absolute atomic E-state index is 10.8. The molecule has 1 spiro atoms. The van der Waals surface area contributed by atoms with Crippen LogP contribution in [0.25, 0.3) is 0 Å². The van der Waals surface area contributed by atoms with Crippen LogP contribution in [0.5, 0.6) is 0 Å². The number of carbonyl (C=O) groups is 1. The summed E-state index contributed by atoms with van der Waals surface area (Å²) in [4.78, 5) is 13.3. The molecule has 1 fully saturated rings. The zero-order valence-corrected chi connectivity index (χ0v) is 13.4. The molecule has 3 heterocycles. The van der Waals surface area contributed by atoms with Crippen molar-refractivity contribution in [3.8, 4) is 0 Å². The normalized spacial score (nSPS) is 20.6. The summed E-state index contributed by atoms with van der Waals surface area (Å²) < 4.78 is 2.37. The zero-order valence-electron chi connectivity index (χ0n) is 11.8. The molecule has 2 aliphatic rings. The third kappa shape index (κ3) is 2.62. The Morgan fingerprint density at radius 3 is 2.60 bits per heavy atom. The molecule has 6 heteroatoms. The van der Waals surface area contributed by atoms with Crippen LogP contribution in [0.15, 0.2) is 12.1 Å². The molecule has 0 radical (unpaired) electrons. The number of fused-ring (bicyclic) bond motifs is 2. The van der Waals surface area contributed by atoms with Crippen molar-refractivity contribution in [1.29, 1.82) is 0 Å². The third-order valence-corrected chi connectivity index (χ3v) is 4.66. The largest absolute Gasteiger partial charge is 0.345 e. The minimum absolute atomic E-state index is 0. The second-order valence-corrected chi connectivity index (χ2v) is 5.44. The van der Waals surface area contributed by atoms with E-state index in [1.807, 2.05) is 0 Å². The van der Waals surface area contributed by atoms with E-state index in [0.29, 0.717) is 6.42 Å². The van der Waals surface area contributed by atoms with Gasteiger partial charge in [0, 0.05) is 30.9 Å². The number of carbonyl (C=O) groups excluding carboxylic acids is 1. The van der Waals surface area contributed by atoms with Gasteiger partial charge in [0.1, 0.15) is 6.29 Å². The molecule has 1 aromatic heterocycles. The number of hydrogen-bond donors (Lipinski definition) is 1. The van der Waals surface area contributed by atoms with E-state index in [2.05, 4.69) is 34.0 Å². The van der Waals surface area contributed by atoms with Crippen molar-refractivity contribution in [2.45, 2.75) is 31.3 Å². The zero-order chi connectivity index (χ0) is 12.6. The van der Waals surface area contributed by atoms with Gasteiger partial charge in [0.15, 0.2) is 0 Å². The molecule has 0 aliphatic carbocycles. The van der Waals surface area contributed by atoms with Gasteiger partial charge in [-0.05, 0) is 45.1 Å². The first-order valence-corrected chi connectivity index (χ1v) is 6.82. The first kappa shape index (κ1) is 17.5. The summed E-state index contributed by atoms with van der Waals surface area (Å²) in [7, 11) is 2.24. The summed E-state index contributed by atoms with van der Waals surface area (Å²) >= 11 is 0. The van der Waals surface area contributed by atoms with Crippen molar-refractivity contribution in [2.24, 2.45) is 0 Å². The maximum atomic E-state index is 10.8. The van der Waals surface area contributed by atoms with Crippen LogP contribution < -0.4 is 5.32 Å². The number of aldehydes is 1. The van der Waals surface area contributed by atoms with Gasteiger partial charge in [0.2, 0.25) is 0 Å². The van der Waals surface area contributed by atoms with Crippen LogP contribution in [0.3, 0.4) is 0 Å². The van der Waals surface area contributed by atoms with Crippen LogP contribution in [0.2, 0.25) is 0 Å². The molecule has 0 unspecified atom stereocenters. The summed E-state index contributed by atoms with van der Waals surface area (Å²) in [5, 5.41) is 3.45. The molecule has 4 nitrogen and oxygen atoms in total. The van der Waals surface area contributed by atoms with E-state index in [1.165, 1.54) is 11.4 Å². The topological polar surface area (TPSA) is 37.3 Å². The third-order valence-electron chi connectivity index (χ3n) is 4.66. The van der Waals surface area contributed by atoms with Crippen molar-refractivity contribution in [3.05, 3.63) is 23.5 Å². The molecule has 1 saturated heterocycles. The second kappa shape index (κ2) is 6.94. The number of hydrogen-bond acceptors (Lipinski definition) is 3. The smallest absolute Gasteiger partial charge is 0.125 e. The number of nitrogens with one attached hydrogen (secondary N) is 1. The van der Waals surface area contributed by atoms with Crippen molar-refractivity contribution in [1.82, 2.24) is 14.8 Å². The van der Waals surface area contributed by atoms with Gasteiger partial charge in [0.05, 0.1) is 5.54 Å². The maximum Gasteiger partial charge on any atom is 0.125 e. The second-order valence-electron chi connectivity index (χ2n) is 5.44. The van der Waals surface area contributed by atoms with Gasteiger partial charge in [-0.2, -0.15) is 0 Å². The van der Waals surface area contributed by atoms with Crippen molar-refractivity contribution in [2.75, 3.05) is 26.7 Å². The van der Waals surface area contributed by atoms with Gasteiger partial charge < -0.3 is 14.7 Å². The molecule has 0 atom stereocenters. The summed E-state index contributed by atoms with van der Waals surface area (Å²) in [5.74, 6) is 0. The van der Waals surface area contributed by atoms with Crippen LogP contribution in [0, 0.1) is 0 Å². The molecule has 0 aromatic carbocycles. The predicted octanol–water partition coefficient (Wildman–Crippen LogP) is 1.60. The quantitative estimate of drug-likeness (QED) is 0.841. The minimum Gasteiger partial charge on any atom is -0.345 e. The molecule has 0 saturated carbocycles. The Morgan fingerprint density at radius 1 is 1.25 bits per heavy atom. The van der Waals surface area contributed by atoms with Gasteiger partial charge in [-0.1, -0.05) is 0 Å². The van der Waals surface area contributed by atoms with E-state index in [-0.39, 0.29) is 30.4 Å². The Hall–Kier alpha value is -0.550. The van der Waals surface area contributed by atoms with Crippen LogP contribution in [0.4, 0.5) is 0 Å². The van der Waals surface area contributed by atoms with Gasteiger partial charge in [-0.25, -0.2) is 0 Å². The predicted molar refractivity (Wildman–Crippen MR) is 85.1 cm³/mol. The lowest BCUT2D eigenvalue weighted by Gasteiger charge is -2.48. The Balaban J connectivity index is 0.000001000. The average molecular weight is 320 g/mol. The summed E-state index contributed by atoms with van der Waals surface area (Å²) in [6, 6.07) is 4.37. The number of nitrogens with zero attached hydrogens (tertiary/aromatic N) is 2. The fourth-order valence-electron chi connectivity index (χ4n) is 3.58. The average Bonchev–Trinajstić information content (AvgIpc) is 2.80. The highest BCUT2D eigenvalue weighted by molar-refractivity contribution is 5.85. The van der Waals surface area contributed by atoms with Gasteiger partial charge in [-0.3, -0.25) is 4.90 Å². The molecular formula is C14H23Cl2N3O. The minimum atomic E-state index is 0. The fraction of sp³-hybridized carbons (Fsp3) is 0.643. The van der Waals surface area contributed by atoms with E-state index in [9.17, 15) is 4.79 Å². The molecular weight excluding hydrogens is 297 g/mol. The van der Waals surface area contributed by atoms with Crippen molar-refractivity contribution < 1.29 is 4.79 Å². The monoisotopic (exact) mass is 319 g/mol. The van der Waals surface area contributed by atoms with Crippen LogP contribution in [0.1, 0.15) is 24.2 Å². The van der Waals surface area contributed by atoms with E-state index in [4.69, 9.17) is 0 Å². The lowest BCUT2D eigenvalue weighted by Crippen LogP contribution is -2.55. The summed E-state index contributed by atoms with van der Waals surface area (Å²) in [6.07, 6.45) is 3.87. The van der Waals surface area contributed by atoms with Gasteiger partial charge >= 0.3 is 0 Å². The first-order chi connectivity index (χ1) is 8.78. The van der Waals surface area contributed by atoms with Gasteiger partial charge in [-0.15, -0.1) is 24.8 Å². The van der Waals surface area contributed by atoms with E-state index in [1.54, 1.807) is 0 Å². The molecule has 20 heavy (non-hydrogen) atoms. The number of halogens is 2. The van der Waals surface area contributed by atoms with Crippen LogP contribution >= 0.6 is 24.8 Å². The lowest BCUT2D eigenvalue weighted by atomic mass is 9.82. The highest BCUT2D eigenvalue weighted by atomic mass is 35.5. The molecule has 2 aliphatic heterocycles. The number of piperidine rings is 1. The van der Waals surface area contributed by atoms with Crippen LogP contribution in [-0.2, 0) is 23.3 Å². The number of rotatable bonds is 2. The Morgan fingerprint density at radius 2 is 1.95 bits per heavy atom. The molecule has 1 aromatic rings. The SMILES string of the molecule is CN1CCn2c(CC=O)ccc2C12CCNCC2.Cl.Cl. The molecule has 0 bridgehead atoms. The highest BCUT2D eigenvalue weighted by Gasteiger charge is 2.42. The Labute approximate surface area is 132 Å². The Kier molecular flexibility index (Phi) is 6.07. The van der Waals surface area contributed by atoms with E-state index in [0.717, 1.165) is 45.3 Å². The molecule has 1 N–H and O–H groups in total. The number of aromatic nitrogens is 1.